The van der Waals surface area contributed by atoms with E-state index in [4.69, 9.17) is 0 Å². The van der Waals surface area contributed by atoms with Gasteiger partial charge in [0, 0.05) is 37.4 Å². The molecule has 1 amide bonds. The molecule has 0 spiro atoms. The molecule has 3 heterocycles. The van der Waals surface area contributed by atoms with E-state index in [1.807, 2.05) is 6.92 Å². The van der Waals surface area contributed by atoms with Crippen LogP contribution in [0.2, 0.25) is 0 Å². The van der Waals surface area contributed by atoms with Gasteiger partial charge in [0.2, 0.25) is 0 Å². The van der Waals surface area contributed by atoms with E-state index in [0.717, 1.165) is 12.2 Å². The summed E-state index contributed by atoms with van der Waals surface area (Å²) in [5, 5.41) is 7.39. The van der Waals surface area contributed by atoms with Crippen LogP contribution in [0, 0.1) is 12.7 Å². The first-order chi connectivity index (χ1) is 15.4. The van der Waals surface area contributed by atoms with Crippen molar-refractivity contribution in [2.75, 3.05) is 0 Å². The first kappa shape index (κ1) is 21.7. The van der Waals surface area contributed by atoms with Crippen molar-refractivity contribution in [2.45, 2.75) is 58.7 Å². The minimum Gasteiger partial charge on any atom is -0.349 e. The molecule has 8 nitrogen and oxygen atoms in total. The van der Waals surface area contributed by atoms with Gasteiger partial charge < -0.3 is 5.32 Å². The van der Waals surface area contributed by atoms with Crippen molar-refractivity contribution >= 4 is 5.91 Å². The Balaban J connectivity index is 1.53. The second kappa shape index (κ2) is 8.94. The summed E-state index contributed by atoms with van der Waals surface area (Å²) in [5.74, 6) is -0.117. The smallest absolute Gasteiger partial charge is 0.345 e. The van der Waals surface area contributed by atoms with Gasteiger partial charge in [0.25, 0.3) is 11.5 Å². The number of carbonyl (C=O) groups excluding carboxylic acids is 1. The highest BCUT2D eigenvalue weighted by Gasteiger charge is 2.24. The molecule has 168 valence electrons. The van der Waals surface area contributed by atoms with Gasteiger partial charge in [0.1, 0.15) is 17.2 Å². The zero-order chi connectivity index (χ0) is 22.8. The lowest BCUT2D eigenvalue weighted by atomic mass is 10.1. The average Bonchev–Trinajstić information content (AvgIpc) is 2.92. The number of hydrogen-bond acceptors (Lipinski definition) is 4. The minimum atomic E-state index is -0.460. The lowest BCUT2D eigenvalue weighted by Gasteiger charge is -2.17. The topological polar surface area (TPSA) is 90.9 Å². The molecule has 1 aliphatic rings. The normalized spacial score (nSPS) is 15.8. The number of aryl methyl sites for hydroxylation is 3. The number of benzene rings is 1. The van der Waals surface area contributed by atoms with Gasteiger partial charge >= 0.3 is 5.69 Å². The van der Waals surface area contributed by atoms with Gasteiger partial charge in [-0.1, -0.05) is 6.92 Å². The van der Waals surface area contributed by atoms with Crippen LogP contribution in [0.1, 0.15) is 47.9 Å². The van der Waals surface area contributed by atoms with E-state index in [9.17, 15) is 18.8 Å². The Labute approximate surface area is 184 Å². The lowest BCUT2D eigenvalue weighted by molar-refractivity contribution is 0.0930. The Morgan fingerprint density at radius 1 is 1.19 bits per heavy atom. The van der Waals surface area contributed by atoms with Crippen molar-refractivity contribution in [3.05, 3.63) is 80.1 Å². The van der Waals surface area contributed by atoms with Crippen molar-refractivity contribution in [2.24, 2.45) is 0 Å². The van der Waals surface area contributed by atoms with Gasteiger partial charge in [-0.3, -0.25) is 18.7 Å². The van der Waals surface area contributed by atoms with Gasteiger partial charge in [-0.05, 0) is 62.1 Å². The van der Waals surface area contributed by atoms with Crippen LogP contribution in [0.5, 0.6) is 0 Å². The number of nitrogens with one attached hydrogen (secondary N) is 1. The zero-order valence-corrected chi connectivity index (χ0v) is 18.2. The summed E-state index contributed by atoms with van der Waals surface area (Å²) in [4.78, 5) is 38.6. The summed E-state index contributed by atoms with van der Waals surface area (Å²) in [6, 6.07) is 7.03. The fourth-order valence-corrected chi connectivity index (χ4v) is 4.10. The molecule has 0 saturated carbocycles. The second-order valence-electron chi connectivity index (χ2n) is 8.10. The zero-order valence-electron chi connectivity index (χ0n) is 18.2. The summed E-state index contributed by atoms with van der Waals surface area (Å²) in [6.07, 6.45) is 4.19. The predicted octanol–water partition coefficient (Wildman–Crippen LogP) is 2.19. The fourth-order valence-electron chi connectivity index (χ4n) is 4.10. The van der Waals surface area contributed by atoms with Crippen molar-refractivity contribution in [3.8, 4) is 5.69 Å². The third-order valence-electron chi connectivity index (χ3n) is 5.82. The van der Waals surface area contributed by atoms with Gasteiger partial charge in [-0.2, -0.15) is 5.10 Å². The predicted molar refractivity (Wildman–Crippen MR) is 118 cm³/mol. The van der Waals surface area contributed by atoms with Gasteiger partial charge in [-0.25, -0.2) is 13.9 Å². The van der Waals surface area contributed by atoms with Crippen molar-refractivity contribution in [3.63, 3.8) is 0 Å². The Morgan fingerprint density at radius 3 is 2.66 bits per heavy atom. The summed E-state index contributed by atoms with van der Waals surface area (Å²) < 4.78 is 17.8. The maximum atomic E-state index is 13.3. The molecule has 0 radical (unpaired) electrons. The summed E-state index contributed by atoms with van der Waals surface area (Å²) >= 11 is 0. The molecule has 0 bridgehead atoms. The third kappa shape index (κ3) is 4.15. The van der Waals surface area contributed by atoms with E-state index in [1.54, 1.807) is 23.8 Å². The Hall–Kier alpha value is -3.49. The number of amides is 1. The molecule has 4 rings (SSSR count). The molecule has 1 aliphatic heterocycles. The maximum absolute atomic E-state index is 13.3. The molecule has 1 N–H and O–H groups in total. The number of fused-ring (bicyclic) bond motifs is 1. The Kier molecular flexibility index (Phi) is 6.07. The van der Waals surface area contributed by atoms with E-state index in [0.29, 0.717) is 43.6 Å². The van der Waals surface area contributed by atoms with Crippen LogP contribution >= 0.6 is 0 Å². The van der Waals surface area contributed by atoms with Crippen LogP contribution in [0.15, 0.2) is 46.1 Å². The lowest BCUT2D eigenvalue weighted by Crippen LogP contribution is -2.40. The molecule has 1 unspecified atom stereocenters. The van der Waals surface area contributed by atoms with E-state index in [-0.39, 0.29) is 17.3 Å². The highest BCUT2D eigenvalue weighted by atomic mass is 19.1. The Bertz CT molecular complexity index is 1260. The number of hydrogen-bond donors (Lipinski definition) is 1. The second-order valence-corrected chi connectivity index (χ2v) is 8.10. The highest BCUT2D eigenvalue weighted by Crippen LogP contribution is 2.14. The number of carbonyl (C=O) groups is 1. The largest absolute Gasteiger partial charge is 0.349 e. The van der Waals surface area contributed by atoms with Crippen LogP contribution in [-0.4, -0.2) is 30.9 Å². The van der Waals surface area contributed by atoms with E-state index in [1.165, 1.54) is 33.5 Å². The van der Waals surface area contributed by atoms with Crippen molar-refractivity contribution in [1.82, 2.24) is 24.2 Å². The minimum absolute atomic E-state index is 0.0594. The standard InChI is InChI=1S/C23H26FN5O3/c1-3-12-29-23(32)28-14-11-17(6-9-19(28)26-29)25-21(30)20-15(2)10-13-27(22(20)31)18-7-4-16(24)5-8-18/h4-5,7-8,10,13,17H,3,6,9,11-12,14H2,1-2H3,(H,25,30). The molecule has 9 heteroatoms. The molecule has 1 aromatic carbocycles. The summed E-state index contributed by atoms with van der Waals surface area (Å²) in [6.45, 7) is 4.77. The first-order valence-electron chi connectivity index (χ1n) is 10.8. The molecule has 0 saturated heterocycles. The third-order valence-corrected chi connectivity index (χ3v) is 5.82. The van der Waals surface area contributed by atoms with Gasteiger partial charge in [0.15, 0.2) is 0 Å². The molecule has 1 atom stereocenters. The molecular weight excluding hydrogens is 413 g/mol. The van der Waals surface area contributed by atoms with Crippen molar-refractivity contribution in [1.29, 1.82) is 0 Å². The summed E-state index contributed by atoms with van der Waals surface area (Å²) in [7, 11) is 0. The number of pyridine rings is 1. The molecule has 3 aromatic rings. The SMILES string of the molecule is CCCn1nc2n(c1=O)CCC(NC(=O)c1c(C)ccn(-c3ccc(F)cc3)c1=O)CC2. The van der Waals surface area contributed by atoms with Crippen LogP contribution in [0.25, 0.3) is 5.69 Å². The average molecular weight is 439 g/mol. The number of aromatic nitrogens is 4. The van der Waals surface area contributed by atoms with Gasteiger partial charge in [-0.15, -0.1) is 0 Å². The molecule has 32 heavy (non-hydrogen) atoms. The van der Waals surface area contributed by atoms with Crippen LogP contribution in [-0.2, 0) is 19.5 Å². The number of halogens is 1. The monoisotopic (exact) mass is 439 g/mol. The Morgan fingerprint density at radius 2 is 1.94 bits per heavy atom. The fraction of sp³-hybridized carbons (Fsp3) is 0.391. The number of nitrogens with zero attached hydrogens (tertiary/aromatic N) is 4. The van der Waals surface area contributed by atoms with E-state index < -0.39 is 17.3 Å². The van der Waals surface area contributed by atoms with Crippen LogP contribution in [0.3, 0.4) is 0 Å². The molecule has 2 aromatic heterocycles. The first-order valence-corrected chi connectivity index (χ1v) is 10.8. The van der Waals surface area contributed by atoms with Gasteiger partial charge in [0.05, 0.1) is 0 Å². The highest BCUT2D eigenvalue weighted by molar-refractivity contribution is 5.95. The molecular formula is C23H26FN5O3. The van der Waals surface area contributed by atoms with E-state index in [2.05, 4.69) is 10.4 Å². The summed E-state index contributed by atoms with van der Waals surface area (Å²) in [5.41, 5.74) is 0.528. The van der Waals surface area contributed by atoms with Crippen LogP contribution in [0.4, 0.5) is 4.39 Å². The maximum Gasteiger partial charge on any atom is 0.345 e. The van der Waals surface area contributed by atoms with E-state index >= 15 is 0 Å². The molecule has 0 fully saturated rings. The quantitative estimate of drug-likeness (QED) is 0.660. The molecule has 0 aliphatic carbocycles. The number of rotatable bonds is 5. The van der Waals surface area contributed by atoms with Crippen LogP contribution < -0.4 is 16.6 Å². The van der Waals surface area contributed by atoms with Crippen molar-refractivity contribution < 1.29 is 9.18 Å².